The smallest absolute Gasteiger partial charge is 0.275 e. The van der Waals surface area contributed by atoms with Crippen LogP contribution in [0.3, 0.4) is 0 Å². The van der Waals surface area contributed by atoms with Crippen molar-refractivity contribution >= 4 is 20.7 Å². The maximum absolute atomic E-state index is 13.0. The Morgan fingerprint density at radius 2 is 1.86 bits per heavy atom. The minimum atomic E-state index is -3.48. The number of aromatic nitrogens is 4. The van der Waals surface area contributed by atoms with Crippen LogP contribution in [0.5, 0.6) is 11.6 Å². The number of hydrogen-bond acceptors (Lipinski definition) is 7. The van der Waals surface area contributed by atoms with Crippen LogP contribution in [0.1, 0.15) is 31.9 Å². The van der Waals surface area contributed by atoms with Gasteiger partial charge in [0.1, 0.15) is 5.52 Å². The molecule has 1 saturated heterocycles. The van der Waals surface area contributed by atoms with E-state index in [1.807, 2.05) is 12.1 Å². The first-order valence-electron chi connectivity index (χ1n) is 12.6. The summed E-state index contributed by atoms with van der Waals surface area (Å²) in [5.74, 6) is 1.34. The van der Waals surface area contributed by atoms with Crippen molar-refractivity contribution in [3.05, 3.63) is 71.2 Å². The maximum atomic E-state index is 13.0. The molecule has 10 heteroatoms. The fourth-order valence-electron chi connectivity index (χ4n) is 4.73. The summed E-state index contributed by atoms with van der Waals surface area (Å²) in [7, 11) is -1.80. The van der Waals surface area contributed by atoms with E-state index in [1.54, 1.807) is 55.5 Å². The summed E-state index contributed by atoms with van der Waals surface area (Å²) < 4.78 is 34.5. The molecule has 1 aliphatic rings. The Morgan fingerprint density at radius 3 is 2.59 bits per heavy atom. The Morgan fingerprint density at radius 1 is 1.08 bits per heavy atom. The number of ether oxygens (including phenoxy) is 1. The number of pyridine rings is 1. The van der Waals surface area contributed by atoms with E-state index in [4.69, 9.17) is 4.74 Å². The lowest BCUT2D eigenvalue weighted by molar-refractivity contribution is 0.353. The van der Waals surface area contributed by atoms with Crippen molar-refractivity contribution in [2.24, 2.45) is 13.0 Å². The predicted molar refractivity (Wildman–Crippen MR) is 142 cm³/mol. The Balaban J connectivity index is 1.47. The third-order valence-corrected chi connectivity index (χ3v) is 8.74. The summed E-state index contributed by atoms with van der Waals surface area (Å²) in [6.45, 7) is 3.75. The molecule has 0 bridgehead atoms. The monoisotopic (exact) mass is 521 g/mol. The number of rotatable bonds is 8. The number of piperidine rings is 1. The van der Waals surface area contributed by atoms with Gasteiger partial charge in [-0.05, 0) is 75.0 Å². The molecule has 0 atom stereocenters. The Kier molecular flexibility index (Phi) is 7.12. The highest BCUT2D eigenvalue weighted by atomic mass is 32.2. The number of nitrogens with one attached hydrogen (secondary N) is 1. The molecule has 4 heterocycles. The molecule has 1 aliphatic heterocycles. The van der Waals surface area contributed by atoms with Gasteiger partial charge in [0, 0.05) is 24.8 Å². The van der Waals surface area contributed by atoms with Gasteiger partial charge in [-0.15, -0.1) is 0 Å². The van der Waals surface area contributed by atoms with Crippen LogP contribution in [0.25, 0.3) is 16.6 Å². The molecule has 0 unspecified atom stereocenters. The Hall–Kier alpha value is -3.50. The predicted octanol–water partition coefficient (Wildman–Crippen LogP) is 3.64. The molecule has 1 aromatic carbocycles. The van der Waals surface area contributed by atoms with E-state index in [-0.39, 0.29) is 16.2 Å². The van der Waals surface area contributed by atoms with Crippen LogP contribution in [-0.4, -0.2) is 46.4 Å². The van der Waals surface area contributed by atoms with Crippen LogP contribution in [0.4, 0.5) is 0 Å². The van der Waals surface area contributed by atoms with Crippen LogP contribution < -0.4 is 15.6 Å². The molecule has 9 nitrogen and oxygen atoms in total. The van der Waals surface area contributed by atoms with E-state index in [0.717, 1.165) is 37.0 Å². The van der Waals surface area contributed by atoms with Crippen molar-refractivity contribution < 1.29 is 13.2 Å². The van der Waals surface area contributed by atoms with Crippen LogP contribution in [-0.2, 0) is 23.3 Å². The molecule has 1 fully saturated rings. The third-order valence-electron chi connectivity index (χ3n) is 7.01. The number of sulfone groups is 1. The molecule has 194 valence electrons. The van der Waals surface area contributed by atoms with E-state index in [0.29, 0.717) is 28.8 Å². The molecule has 0 amide bonds. The van der Waals surface area contributed by atoms with E-state index in [1.165, 1.54) is 23.5 Å². The fraction of sp³-hybridized carbons (Fsp3) is 0.370. The molecular formula is C27H31N5O4S. The van der Waals surface area contributed by atoms with Gasteiger partial charge in [0.25, 0.3) is 5.56 Å². The van der Waals surface area contributed by atoms with E-state index >= 15 is 0 Å². The van der Waals surface area contributed by atoms with Crippen LogP contribution >= 0.6 is 0 Å². The van der Waals surface area contributed by atoms with Crippen molar-refractivity contribution in [3.63, 3.8) is 0 Å². The van der Waals surface area contributed by atoms with Gasteiger partial charge in [-0.1, -0.05) is 6.92 Å². The van der Waals surface area contributed by atoms with Gasteiger partial charge in [-0.25, -0.2) is 13.4 Å². The second-order valence-electron chi connectivity index (χ2n) is 9.43. The van der Waals surface area contributed by atoms with E-state index in [2.05, 4.69) is 15.3 Å². The van der Waals surface area contributed by atoms with Gasteiger partial charge in [0.05, 0.1) is 34.4 Å². The first-order chi connectivity index (χ1) is 17.9. The van der Waals surface area contributed by atoms with Gasteiger partial charge in [0.2, 0.25) is 5.88 Å². The molecule has 0 spiro atoms. The van der Waals surface area contributed by atoms with Crippen LogP contribution in [0, 0.1) is 5.92 Å². The van der Waals surface area contributed by atoms with Crippen LogP contribution in [0.2, 0.25) is 0 Å². The number of aryl methyl sites for hydroxylation is 2. The van der Waals surface area contributed by atoms with Crippen molar-refractivity contribution in [3.8, 4) is 17.3 Å². The minimum Gasteiger partial charge on any atom is -0.435 e. The SMILES string of the molecule is CCS(=O)(=O)c1ccc(Oc2cnc(CCC3CCNCC3)cn2)c(-n2ccc3ccn(C)c(=O)c32)c1. The zero-order valence-corrected chi connectivity index (χ0v) is 21.9. The molecule has 0 aliphatic carbocycles. The van der Waals surface area contributed by atoms with Gasteiger partial charge < -0.3 is 19.2 Å². The quantitative estimate of drug-likeness (QED) is 0.377. The summed E-state index contributed by atoms with van der Waals surface area (Å²) in [5.41, 5.74) is 1.58. The minimum absolute atomic E-state index is 0.0366. The standard InChI is InChI=1S/C27H31N5O4S/c1-3-37(34,35)22-6-7-24(23(16-22)32-15-11-20-10-14-31(2)27(33)26(20)32)36-25-18-29-21(17-30-25)5-4-19-8-12-28-13-9-19/h6-7,10-11,14-19,28H,3-5,8-9,12-13H2,1-2H3. The number of fused-ring (bicyclic) bond motifs is 1. The average molecular weight is 522 g/mol. The van der Waals surface area contributed by atoms with Gasteiger partial charge in [-0.2, -0.15) is 0 Å². The molecule has 5 rings (SSSR count). The highest BCUT2D eigenvalue weighted by Crippen LogP contribution is 2.32. The molecule has 0 saturated carbocycles. The molecule has 1 N–H and O–H groups in total. The van der Waals surface area contributed by atoms with Gasteiger partial charge in [-0.3, -0.25) is 9.78 Å². The fourth-order valence-corrected chi connectivity index (χ4v) is 5.63. The van der Waals surface area contributed by atoms with Crippen molar-refractivity contribution in [1.29, 1.82) is 0 Å². The summed E-state index contributed by atoms with van der Waals surface area (Å²) in [6, 6.07) is 8.32. The first kappa shape index (κ1) is 25.2. The first-order valence-corrected chi connectivity index (χ1v) is 14.2. The topological polar surface area (TPSA) is 108 Å². The lowest BCUT2D eigenvalue weighted by Crippen LogP contribution is -2.27. The lowest BCUT2D eigenvalue weighted by atomic mass is 9.93. The van der Waals surface area contributed by atoms with E-state index in [9.17, 15) is 13.2 Å². The van der Waals surface area contributed by atoms with Crippen molar-refractivity contribution in [1.82, 2.24) is 24.4 Å². The summed E-state index contributed by atoms with van der Waals surface area (Å²) in [5, 5.41) is 4.14. The van der Waals surface area contributed by atoms with Gasteiger partial charge >= 0.3 is 0 Å². The molecular weight excluding hydrogens is 490 g/mol. The highest BCUT2D eigenvalue weighted by Gasteiger charge is 2.19. The molecule has 0 radical (unpaired) electrons. The second-order valence-corrected chi connectivity index (χ2v) is 11.7. The Labute approximate surface area is 216 Å². The molecule has 4 aromatic rings. The zero-order chi connectivity index (χ0) is 26.0. The third kappa shape index (κ3) is 5.30. The zero-order valence-electron chi connectivity index (χ0n) is 21.1. The highest BCUT2D eigenvalue weighted by molar-refractivity contribution is 7.91. The van der Waals surface area contributed by atoms with Crippen LogP contribution in [0.15, 0.2) is 64.8 Å². The maximum Gasteiger partial charge on any atom is 0.275 e. The molecule has 3 aromatic heterocycles. The van der Waals surface area contributed by atoms with Gasteiger partial charge in [0.15, 0.2) is 15.6 Å². The summed E-state index contributed by atoms with van der Waals surface area (Å²) >= 11 is 0. The number of nitrogens with zero attached hydrogens (tertiary/aromatic N) is 4. The largest absolute Gasteiger partial charge is 0.435 e. The number of hydrogen-bond donors (Lipinski definition) is 1. The Bertz CT molecular complexity index is 1570. The lowest BCUT2D eigenvalue weighted by Gasteiger charge is -2.22. The summed E-state index contributed by atoms with van der Waals surface area (Å²) in [6.07, 6.45) is 11.1. The van der Waals surface area contributed by atoms with Crippen molar-refractivity contribution in [2.75, 3.05) is 18.8 Å². The van der Waals surface area contributed by atoms with Crippen molar-refractivity contribution in [2.45, 2.75) is 37.5 Å². The average Bonchev–Trinajstić information content (AvgIpc) is 3.36. The normalized spacial score (nSPS) is 14.8. The number of benzene rings is 1. The molecule has 37 heavy (non-hydrogen) atoms. The second kappa shape index (κ2) is 10.5. The summed E-state index contributed by atoms with van der Waals surface area (Å²) in [4.78, 5) is 22.1. The van der Waals surface area contributed by atoms with E-state index < -0.39 is 9.84 Å².